The van der Waals surface area contributed by atoms with Crippen LogP contribution in [0, 0.1) is 5.92 Å². The Bertz CT molecular complexity index is 469. The predicted molar refractivity (Wildman–Crippen MR) is 76.6 cm³/mol. The second-order valence-corrected chi connectivity index (χ2v) is 6.16. The minimum absolute atomic E-state index is 0. The Kier molecular flexibility index (Phi) is 9.44. The smallest absolute Gasteiger partial charge is 0.187 e. The van der Waals surface area contributed by atoms with Gasteiger partial charge in [-0.15, -0.1) is 0 Å². The summed E-state index contributed by atoms with van der Waals surface area (Å²) in [6.45, 7) is 0.767. The van der Waals surface area contributed by atoms with Crippen LogP contribution in [-0.2, 0) is 56.5 Å². The van der Waals surface area contributed by atoms with Gasteiger partial charge < -0.3 is 55.0 Å². The van der Waals surface area contributed by atoms with E-state index in [0.717, 1.165) is 0 Å². The van der Waals surface area contributed by atoms with E-state index >= 15 is 0 Å². The molecule has 0 spiro atoms. The van der Waals surface area contributed by atoms with Crippen LogP contribution in [0.4, 0.5) is 0 Å². The van der Waals surface area contributed by atoms with Gasteiger partial charge in [0.15, 0.2) is 6.29 Å². The molecule has 0 aromatic heterocycles. The molecular formula is C14H23NO10Y-2. The second-order valence-electron chi connectivity index (χ2n) is 6.16. The number of carbonyl (C=O) groups is 1. The first-order chi connectivity index (χ1) is 11.7. The molecule has 5 N–H and O–H groups in total. The molecule has 2 fully saturated rings. The molecule has 149 valence electrons. The van der Waals surface area contributed by atoms with E-state index < -0.39 is 73.7 Å². The van der Waals surface area contributed by atoms with Crippen molar-refractivity contribution in [1.29, 1.82) is 0 Å². The van der Waals surface area contributed by atoms with E-state index in [1.54, 1.807) is 0 Å². The van der Waals surface area contributed by atoms with E-state index in [4.69, 9.17) is 24.7 Å². The Morgan fingerprint density at radius 1 is 1.15 bits per heavy atom. The van der Waals surface area contributed by atoms with Gasteiger partial charge in [0.05, 0.1) is 24.8 Å². The monoisotopic (exact) mass is 454 g/mol. The SMILES string of the molecule is CO[C@H]1OC(CO)[C@@H](O[C@@H]2OC(C(=O)[O-])[C@H](C)C(O)[C@H]2O)C(O)C1[NH-].[Y]. The first-order valence-electron chi connectivity index (χ1n) is 7.79. The van der Waals surface area contributed by atoms with Crippen molar-refractivity contribution in [3.8, 4) is 0 Å². The molecule has 2 saturated heterocycles. The maximum absolute atomic E-state index is 11.1. The molecule has 2 rings (SSSR count). The molecule has 0 aliphatic carbocycles. The van der Waals surface area contributed by atoms with Gasteiger partial charge in [-0.3, -0.25) is 0 Å². The van der Waals surface area contributed by atoms with Gasteiger partial charge in [-0.1, -0.05) is 13.0 Å². The Morgan fingerprint density at radius 2 is 1.77 bits per heavy atom. The number of hydrogen-bond acceptors (Lipinski definition) is 10. The molecule has 2 aliphatic heterocycles. The van der Waals surface area contributed by atoms with Gasteiger partial charge in [-0.2, -0.15) is 0 Å². The number of ether oxygens (including phenoxy) is 4. The maximum atomic E-state index is 11.1. The Balaban J connectivity index is 0.00000338. The molecule has 1 radical (unpaired) electrons. The van der Waals surface area contributed by atoms with Crippen LogP contribution in [0.2, 0.25) is 0 Å². The molecule has 12 heteroatoms. The van der Waals surface area contributed by atoms with Crippen LogP contribution in [-0.4, -0.2) is 95.4 Å². The summed E-state index contributed by atoms with van der Waals surface area (Å²) in [4.78, 5) is 11.1. The number of rotatable bonds is 5. The van der Waals surface area contributed by atoms with Crippen molar-refractivity contribution in [3.05, 3.63) is 5.73 Å². The third kappa shape index (κ3) is 4.79. The summed E-state index contributed by atoms with van der Waals surface area (Å²) >= 11 is 0. The van der Waals surface area contributed by atoms with Crippen molar-refractivity contribution < 1.29 is 82.0 Å². The number of hydrogen-bond donors (Lipinski definition) is 4. The van der Waals surface area contributed by atoms with E-state index in [9.17, 15) is 30.3 Å². The van der Waals surface area contributed by atoms with Crippen LogP contribution >= 0.6 is 0 Å². The fourth-order valence-corrected chi connectivity index (χ4v) is 2.97. The minimum Gasteiger partial charge on any atom is -0.668 e. The summed E-state index contributed by atoms with van der Waals surface area (Å²) in [5.74, 6) is -2.55. The first-order valence-corrected chi connectivity index (χ1v) is 7.79. The molecular weight excluding hydrogens is 431 g/mol. The minimum atomic E-state index is -1.63. The molecule has 26 heavy (non-hydrogen) atoms. The molecule has 2 heterocycles. The number of carboxylic acids is 1. The zero-order valence-corrected chi connectivity index (χ0v) is 17.1. The van der Waals surface area contributed by atoms with Crippen LogP contribution in [0.1, 0.15) is 6.92 Å². The molecule has 10 atom stereocenters. The van der Waals surface area contributed by atoms with E-state index in [-0.39, 0.29) is 32.7 Å². The number of carboxylic acid groups (broad SMARTS) is 1. The summed E-state index contributed by atoms with van der Waals surface area (Å²) in [5, 5.41) is 50.8. The van der Waals surface area contributed by atoms with E-state index in [1.807, 2.05) is 0 Å². The summed E-state index contributed by atoms with van der Waals surface area (Å²) in [7, 11) is 1.27. The number of aliphatic carboxylic acids is 1. The van der Waals surface area contributed by atoms with Crippen molar-refractivity contribution in [2.24, 2.45) is 5.92 Å². The third-order valence-electron chi connectivity index (χ3n) is 4.53. The second kappa shape index (κ2) is 10.1. The number of aliphatic hydroxyl groups is 4. The average molecular weight is 454 g/mol. The van der Waals surface area contributed by atoms with Crippen molar-refractivity contribution in [1.82, 2.24) is 0 Å². The van der Waals surface area contributed by atoms with Crippen LogP contribution in [0.5, 0.6) is 0 Å². The maximum Gasteiger partial charge on any atom is 0.187 e. The fourth-order valence-electron chi connectivity index (χ4n) is 2.97. The topological polar surface area (TPSA) is 182 Å². The standard InChI is InChI=1S/C14H24NO10.Y/c1-4-7(17)9(19)14(24-10(4)12(20)21)25-11-5(3-16)23-13(22-2)6(15)8(11)18;/h4-11,13-19H,3H2,1-2H3,(H,20,21);/q-1;/p-1/t4-,5?,6?,7?,8?,9-,10?,11-,13+,14+;/m1./s1. The third-order valence-corrected chi connectivity index (χ3v) is 4.53. The summed E-state index contributed by atoms with van der Waals surface area (Å²) in [6, 6.07) is -1.28. The van der Waals surface area contributed by atoms with E-state index in [1.165, 1.54) is 14.0 Å². The van der Waals surface area contributed by atoms with Gasteiger partial charge in [-0.25, -0.2) is 0 Å². The van der Waals surface area contributed by atoms with Gasteiger partial charge in [0, 0.05) is 45.7 Å². The van der Waals surface area contributed by atoms with Crippen LogP contribution in [0.3, 0.4) is 0 Å². The first kappa shape index (κ1) is 24.3. The van der Waals surface area contributed by atoms with E-state index in [2.05, 4.69) is 0 Å². The number of methoxy groups -OCH3 is 1. The van der Waals surface area contributed by atoms with Crippen molar-refractivity contribution >= 4 is 5.97 Å². The normalized spacial score (nSPS) is 46.4. The summed E-state index contributed by atoms with van der Waals surface area (Å²) in [5.41, 5.74) is 7.86. The van der Waals surface area contributed by atoms with Crippen LogP contribution < -0.4 is 5.11 Å². The molecule has 0 saturated carbocycles. The fraction of sp³-hybridized carbons (Fsp3) is 0.929. The molecule has 0 aromatic carbocycles. The largest absolute Gasteiger partial charge is 0.668 e. The molecule has 5 unspecified atom stereocenters. The summed E-state index contributed by atoms with van der Waals surface area (Å²) in [6.07, 6.45) is -11.3. The van der Waals surface area contributed by atoms with E-state index in [0.29, 0.717) is 0 Å². The molecule has 2 aliphatic rings. The van der Waals surface area contributed by atoms with Crippen molar-refractivity contribution in [2.75, 3.05) is 13.7 Å². The Hall–Kier alpha value is 0.214. The van der Waals surface area contributed by atoms with Crippen molar-refractivity contribution in [3.63, 3.8) is 0 Å². The average Bonchev–Trinajstić information content (AvgIpc) is 2.58. The zero-order chi connectivity index (χ0) is 18.9. The molecule has 11 nitrogen and oxygen atoms in total. The number of carbonyl (C=O) groups excluding carboxylic acids is 1. The van der Waals surface area contributed by atoms with Crippen LogP contribution in [0.25, 0.3) is 5.73 Å². The van der Waals surface area contributed by atoms with Crippen molar-refractivity contribution in [2.45, 2.75) is 62.2 Å². The van der Waals surface area contributed by atoms with Gasteiger partial charge in [-0.05, 0) is 0 Å². The predicted octanol–water partition coefficient (Wildman–Crippen LogP) is -3.65. The quantitative estimate of drug-likeness (QED) is 0.323. The Labute approximate surface area is 175 Å². The number of aliphatic hydroxyl groups excluding tert-OH is 4. The van der Waals surface area contributed by atoms with Gasteiger partial charge in [0.25, 0.3) is 0 Å². The number of nitrogens with one attached hydrogen (secondary N) is 1. The van der Waals surface area contributed by atoms with Gasteiger partial charge in [0.1, 0.15) is 30.7 Å². The van der Waals surface area contributed by atoms with Crippen LogP contribution in [0.15, 0.2) is 0 Å². The Morgan fingerprint density at radius 3 is 2.27 bits per heavy atom. The molecule has 0 aromatic rings. The summed E-state index contributed by atoms with van der Waals surface area (Å²) < 4.78 is 20.7. The molecule has 0 amide bonds. The van der Waals surface area contributed by atoms with Gasteiger partial charge in [0.2, 0.25) is 0 Å². The zero-order valence-electron chi connectivity index (χ0n) is 14.3. The van der Waals surface area contributed by atoms with Gasteiger partial charge >= 0.3 is 0 Å². The molecule has 0 bridgehead atoms.